The minimum atomic E-state index is -3.22. The Bertz CT molecular complexity index is 1370. The molecule has 7 nitrogen and oxygen atoms in total. The molecule has 1 atom stereocenters. The summed E-state index contributed by atoms with van der Waals surface area (Å²) in [6, 6.07) is 15.0. The first-order chi connectivity index (χ1) is 16.9. The number of hydrogen-bond acceptors (Lipinski definition) is 7. The van der Waals surface area contributed by atoms with Crippen LogP contribution in [0.5, 0.6) is 11.5 Å². The van der Waals surface area contributed by atoms with Gasteiger partial charge in [0.25, 0.3) is 0 Å². The highest BCUT2D eigenvalue weighted by Crippen LogP contribution is 2.38. The van der Waals surface area contributed by atoms with Crippen molar-refractivity contribution >= 4 is 33.0 Å². The van der Waals surface area contributed by atoms with Gasteiger partial charge in [-0.25, -0.2) is 18.4 Å². The Kier molecular flexibility index (Phi) is 8.83. The Hall–Kier alpha value is -2.86. The van der Waals surface area contributed by atoms with Gasteiger partial charge in [-0.1, -0.05) is 37.6 Å². The smallest absolute Gasteiger partial charge is 0.155 e. The largest absolute Gasteiger partial charge is 0.489 e. The summed E-state index contributed by atoms with van der Waals surface area (Å²) in [5.41, 5.74) is 2.33. The van der Waals surface area contributed by atoms with Gasteiger partial charge in [-0.3, -0.25) is 0 Å². The van der Waals surface area contributed by atoms with E-state index in [2.05, 4.69) is 16.0 Å². The van der Waals surface area contributed by atoms with E-state index in [1.54, 1.807) is 19.1 Å². The summed E-state index contributed by atoms with van der Waals surface area (Å²) in [7, 11) is -3.22. The van der Waals surface area contributed by atoms with Crippen LogP contribution in [0.2, 0.25) is 5.02 Å². The lowest BCUT2D eigenvalue weighted by molar-refractivity contribution is 0.300. The number of benzene rings is 2. The van der Waals surface area contributed by atoms with E-state index in [0.717, 1.165) is 17.4 Å². The van der Waals surface area contributed by atoms with Crippen LogP contribution in [0, 0.1) is 11.3 Å². The molecule has 3 rings (SSSR count). The van der Waals surface area contributed by atoms with Crippen molar-refractivity contribution in [3.05, 3.63) is 81.9 Å². The summed E-state index contributed by atoms with van der Waals surface area (Å²) in [5, 5.41) is 9.80. The number of nitriles is 1. The van der Waals surface area contributed by atoms with E-state index in [4.69, 9.17) is 32.7 Å². The van der Waals surface area contributed by atoms with Crippen LogP contribution in [-0.2, 0) is 27.6 Å². The van der Waals surface area contributed by atoms with E-state index in [1.807, 2.05) is 44.2 Å². The average molecular weight is 548 g/mol. The van der Waals surface area contributed by atoms with Crippen LogP contribution in [0.25, 0.3) is 0 Å². The van der Waals surface area contributed by atoms with Gasteiger partial charge < -0.3 is 9.47 Å². The first-order valence-corrected chi connectivity index (χ1v) is 14.0. The second-order valence-corrected chi connectivity index (χ2v) is 12.3. The van der Waals surface area contributed by atoms with Gasteiger partial charge in [0.2, 0.25) is 0 Å². The summed E-state index contributed by atoms with van der Waals surface area (Å²) < 4.78 is 34.5. The molecule has 0 aliphatic rings. The number of halogens is 2. The van der Waals surface area contributed by atoms with Crippen LogP contribution in [0.1, 0.15) is 49.0 Å². The van der Waals surface area contributed by atoms with Crippen molar-refractivity contribution in [3.8, 4) is 17.6 Å². The predicted molar refractivity (Wildman–Crippen MR) is 140 cm³/mol. The van der Waals surface area contributed by atoms with Crippen molar-refractivity contribution in [1.82, 2.24) is 9.97 Å². The minimum Gasteiger partial charge on any atom is -0.489 e. The van der Waals surface area contributed by atoms with Crippen molar-refractivity contribution in [2.45, 2.75) is 43.9 Å². The number of sulfone groups is 1. The van der Waals surface area contributed by atoms with Crippen molar-refractivity contribution < 1.29 is 17.9 Å². The molecule has 0 saturated heterocycles. The summed E-state index contributed by atoms with van der Waals surface area (Å²) >= 11 is 12.4. The molecule has 1 aromatic heterocycles. The second-order valence-electron chi connectivity index (χ2n) is 9.01. The molecule has 0 radical (unpaired) electrons. The molecule has 1 heterocycles. The molecule has 190 valence electrons. The molecule has 0 aliphatic heterocycles. The number of ether oxygens (including phenoxy) is 2. The standard InChI is InChI=1S/C26H27Cl2N3O4S/c1-17(27)14-35-25-18(13-29)11-20(12-23(25)28)26(2,3)19-5-7-22(8-6-19)34-15-21-9-10-30-24(31-21)16-36(4,32)33/h5-12,17H,14-16H2,1-4H3. The van der Waals surface area contributed by atoms with E-state index in [0.29, 0.717) is 27.8 Å². The zero-order valence-corrected chi connectivity index (χ0v) is 22.8. The molecule has 0 spiro atoms. The highest BCUT2D eigenvalue weighted by atomic mass is 35.5. The van der Waals surface area contributed by atoms with Crippen molar-refractivity contribution in [2.75, 3.05) is 12.9 Å². The van der Waals surface area contributed by atoms with E-state index >= 15 is 0 Å². The molecule has 2 aromatic carbocycles. The zero-order valence-electron chi connectivity index (χ0n) is 20.5. The van der Waals surface area contributed by atoms with E-state index in [9.17, 15) is 13.7 Å². The fraction of sp³-hybridized carbons (Fsp3) is 0.346. The van der Waals surface area contributed by atoms with Gasteiger partial charge in [0.15, 0.2) is 15.6 Å². The molecule has 0 aliphatic carbocycles. The lowest BCUT2D eigenvalue weighted by Gasteiger charge is -2.27. The fourth-order valence-corrected chi connectivity index (χ4v) is 4.44. The number of aromatic nitrogens is 2. The Balaban J connectivity index is 1.75. The molecule has 1 unspecified atom stereocenters. The molecular weight excluding hydrogens is 521 g/mol. The second kappa shape index (κ2) is 11.5. The number of hydrogen-bond donors (Lipinski definition) is 0. The Morgan fingerprint density at radius 3 is 2.42 bits per heavy atom. The van der Waals surface area contributed by atoms with Gasteiger partial charge in [0, 0.05) is 17.9 Å². The minimum absolute atomic E-state index is 0.172. The van der Waals surface area contributed by atoms with Crippen molar-refractivity contribution in [3.63, 3.8) is 0 Å². The third-order valence-corrected chi connectivity index (χ3v) is 6.65. The van der Waals surface area contributed by atoms with Gasteiger partial charge in [-0.2, -0.15) is 5.26 Å². The molecule has 36 heavy (non-hydrogen) atoms. The normalized spacial score (nSPS) is 12.6. The highest BCUT2D eigenvalue weighted by molar-refractivity contribution is 7.89. The third-order valence-electron chi connectivity index (χ3n) is 5.46. The zero-order chi connectivity index (χ0) is 26.5. The average Bonchev–Trinajstić information content (AvgIpc) is 2.80. The summed E-state index contributed by atoms with van der Waals surface area (Å²) in [6.45, 7) is 6.30. The van der Waals surface area contributed by atoms with Gasteiger partial charge in [0.1, 0.15) is 36.6 Å². The van der Waals surface area contributed by atoms with E-state index in [-0.39, 0.29) is 30.2 Å². The van der Waals surface area contributed by atoms with Gasteiger partial charge in [-0.05, 0) is 48.4 Å². The SMILES string of the molecule is CC(Cl)COc1c(Cl)cc(C(C)(C)c2ccc(OCc3ccnc(CS(C)(=O)=O)n3)cc2)cc1C#N. The Morgan fingerprint density at radius 2 is 1.81 bits per heavy atom. The number of nitrogens with zero attached hydrogens (tertiary/aromatic N) is 3. The molecule has 0 fully saturated rings. The predicted octanol–water partition coefficient (Wildman–Crippen LogP) is 5.46. The number of alkyl halides is 1. The molecule has 10 heteroatoms. The van der Waals surface area contributed by atoms with Crippen LogP contribution >= 0.6 is 23.2 Å². The van der Waals surface area contributed by atoms with Crippen LogP contribution in [0.15, 0.2) is 48.7 Å². The van der Waals surface area contributed by atoms with Gasteiger partial charge >= 0.3 is 0 Å². The van der Waals surface area contributed by atoms with Crippen LogP contribution < -0.4 is 9.47 Å². The maximum absolute atomic E-state index is 11.5. The van der Waals surface area contributed by atoms with Crippen molar-refractivity contribution in [1.29, 1.82) is 5.26 Å². The first-order valence-electron chi connectivity index (χ1n) is 11.1. The summed E-state index contributed by atoms with van der Waals surface area (Å²) in [6.07, 6.45) is 2.66. The van der Waals surface area contributed by atoms with Gasteiger partial charge in [0.05, 0.1) is 21.7 Å². The molecule has 0 amide bonds. The summed E-state index contributed by atoms with van der Waals surface area (Å²) in [5.74, 6) is 0.979. The molecule has 0 saturated carbocycles. The van der Waals surface area contributed by atoms with E-state index in [1.165, 1.54) is 6.20 Å². The van der Waals surface area contributed by atoms with Crippen molar-refractivity contribution in [2.24, 2.45) is 0 Å². The molecule has 3 aromatic rings. The lowest BCUT2D eigenvalue weighted by Crippen LogP contribution is -2.19. The monoisotopic (exact) mass is 547 g/mol. The topological polar surface area (TPSA) is 102 Å². The molecule has 0 bridgehead atoms. The highest BCUT2D eigenvalue weighted by Gasteiger charge is 2.26. The fourth-order valence-electron chi connectivity index (χ4n) is 3.50. The summed E-state index contributed by atoms with van der Waals surface area (Å²) in [4.78, 5) is 8.25. The maximum Gasteiger partial charge on any atom is 0.155 e. The third kappa shape index (κ3) is 7.33. The quantitative estimate of drug-likeness (QED) is 0.310. The molecule has 0 N–H and O–H groups in total. The van der Waals surface area contributed by atoms with Gasteiger partial charge in [-0.15, -0.1) is 11.6 Å². The lowest BCUT2D eigenvalue weighted by atomic mass is 9.77. The van der Waals surface area contributed by atoms with E-state index < -0.39 is 15.3 Å². The Morgan fingerprint density at radius 1 is 1.11 bits per heavy atom. The van der Waals surface area contributed by atoms with Crippen LogP contribution in [0.3, 0.4) is 0 Å². The molecular formula is C26H27Cl2N3O4S. The number of rotatable bonds is 10. The maximum atomic E-state index is 11.5. The first kappa shape index (κ1) is 27.7. The van der Waals surface area contributed by atoms with Crippen LogP contribution in [-0.4, -0.2) is 36.6 Å². The van der Waals surface area contributed by atoms with Crippen LogP contribution in [0.4, 0.5) is 0 Å². The Labute approximate surface area is 221 Å².